The molecule has 1 aliphatic carbocycles. The highest BCUT2D eigenvalue weighted by molar-refractivity contribution is 5.84. The van der Waals surface area contributed by atoms with Gasteiger partial charge in [-0.15, -0.1) is 0 Å². The zero-order valence-corrected chi connectivity index (χ0v) is 8.79. The average Bonchev–Trinajstić information content (AvgIpc) is 2.09. The van der Waals surface area contributed by atoms with E-state index in [1.807, 2.05) is 6.92 Å². The van der Waals surface area contributed by atoms with E-state index in [0.29, 0.717) is 11.8 Å². The van der Waals surface area contributed by atoms with Gasteiger partial charge in [-0.3, -0.25) is 4.79 Å². The van der Waals surface area contributed by atoms with Gasteiger partial charge in [0, 0.05) is 11.8 Å². The van der Waals surface area contributed by atoms with Crippen LogP contribution in [0.25, 0.3) is 0 Å². The largest absolute Gasteiger partial charge is 0.396 e. The second kappa shape index (κ2) is 4.23. The summed E-state index contributed by atoms with van der Waals surface area (Å²) in [6.45, 7) is 6.28. The van der Waals surface area contributed by atoms with E-state index in [4.69, 9.17) is 0 Å². The SMILES string of the molecule is CC(C)[C@H]1CC[C@@H](C)C(=O)[C@H]1CO. The van der Waals surface area contributed by atoms with Gasteiger partial charge in [0.25, 0.3) is 0 Å². The van der Waals surface area contributed by atoms with Crippen molar-refractivity contribution in [3.05, 3.63) is 0 Å². The summed E-state index contributed by atoms with van der Waals surface area (Å²) in [5.74, 6) is 1.24. The second-order valence-electron chi connectivity index (χ2n) is 4.58. The summed E-state index contributed by atoms with van der Waals surface area (Å²) < 4.78 is 0. The third kappa shape index (κ3) is 2.11. The molecule has 0 aromatic rings. The van der Waals surface area contributed by atoms with Crippen LogP contribution in [0.1, 0.15) is 33.6 Å². The van der Waals surface area contributed by atoms with Crippen LogP contribution in [-0.4, -0.2) is 17.5 Å². The topological polar surface area (TPSA) is 37.3 Å². The molecule has 2 heteroatoms. The quantitative estimate of drug-likeness (QED) is 0.711. The predicted molar refractivity (Wildman–Crippen MR) is 52.3 cm³/mol. The first-order valence-electron chi connectivity index (χ1n) is 5.22. The van der Waals surface area contributed by atoms with Gasteiger partial charge in [-0.25, -0.2) is 0 Å². The molecule has 3 atom stereocenters. The number of aliphatic hydroxyl groups is 1. The zero-order valence-electron chi connectivity index (χ0n) is 8.79. The van der Waals surface area contributed by atoms with E-state index in [0.717, 1.165) is 12.8 Å². The highest BCUT2D eigenvalue weighted by atomic mass is 16.3. The molecule has 1 saturated carbocycles. The molecular formula is C11H20O2. The van der Waals surface area contributed by atoms with Gasteiger partial charge < -0.3 is 5.11 Å². The number of ketones is 1. The van der Waals surface area contributed by atoms with E-state index in [2.05, 4.69) is 13.8 Å². The lowest BCUT2D eigenvalue weighted by Gasteiger charge is -2.34. The molecule has 13 heavy (non-hydrogen) atoms. The molecule has 0 unspecified atom stereocenters. The molecule has 0 aromatic carbocycles. The van der Waals surface area contributed by atoms with Gasteiger partial charge in [0.15, 0.2) is 0 Å². The summed E-state index contributed by atoms with van der Waals surface area (Å²) >= 11 is 0. The van der Waals surface area contributed by atoms with Gasteiger partial charge in [0.05, 0.1) is 6.61 Å². The van der Waals surface area contributed by atoms with Gasteiger partial charge in [-0.05, 0) is 24.7 Å². The Balaban J connectivity index is 2.72. The van der Waals surface area contributed by atoms with Crippen LogP contribution in [-0.2, 0) is 4.79 Å². The minimum Gasteiger partial charge on any atom is -0.396 e. The van der Waals surface area contributed by atoms with Crippen molar-refractivity contribution in [3.8, 4) is 0 Å². The summed E-state index contributed by atoms with van der Waals surface area (Å²) in [6, 6.07) is 0. The van der Waals surface area contributed by atoms with Crippen molar-refractivity contribution in [2.45, 2.75) is 33.6 Å². The Bertz CT molecular complexity index is 187. The van der Waals surface area contributed by atoms with Crippen LogP contribution in [0.4, 0.5) is 0 Å². The maximum absolute atomic E-state index is 11.7. The minimum atomic E-state index is -0.0938. The summed E-state index contributed by atoms with van der Waals surface area (Å²) in [5, 5.41) is 9.18. The van der Waals surface area contributed by atoms with E-state index in [1.165, 1.54) is 0 Å². The number of rotatable bonds is 2. The third-order valence-electron chi connectivity index (χ3n) is 3.35. The maximum atomic E-state index is 11.7. The van der Waals surface area contributed by atoms with Crippen molar-refractivity contribution in [3.63, 3.8) is 0 Å². The van der Waals surface area contributed by atoms with Gasteiger partial charge >= 0.3 is 0 Å². The zero-order chi connectivity index (χ0) is 10.0. The second-order valence-corrected chi connectivity index (χ2v) is 4.58. The van der Waals surface area contributed by atoms with Gasteiger partial charge in [0.2, 0.25) is 0 Å². The van der Waals surface area contributed by atoms with Crippen LogP contribution in [0.5, 0.6) is 0 Å². The molecule has 0 bridgehead atoms. The number of carbonyl (C=O) groups excluding carboxylic acids is 1. The third-order valence-corrected chi connectivity index (χ3v) is 3.35. The maximum Gasteiger partial charge on any atom is 0.141 e. The van der Waals surface area contributed by atoms with E-state index < -0.39 is 0 Å². The Morgan fingerprint density at radius 3 is 2.54 bits per heavy atom. The summed E-state index contributed by atoms with van der Waals surface area (Å²) in [5.41, 5.74) is 0. The molecule has 1 fully saturated rings. The minimum absolute atomic E-state index is 0.0337. The molecule has 0 heterocycles. The van der Waals surface area contributed by atoms with Crippen LogP contribution in [0.3, 0.4) is 0 Å². The van der Waals surface area contributed by atoms with Crippen LogP contribution >= 0.6 is 0 Å². The fraction of sp³-hybridized carbons (Fsp3) is 0.909. The molecule has 0 aromatic heterocycles. The summed E-state index contributed by atoms with van der Waals surface area (Å²) in [4.78, 5) is 11.7. The molecule has 0 radical (unpaired) electrons. The average molecular weight is 184 g/mol. The number of carbonyl (C=O) groups is 1. The Labute approximate surface area is 80.3 Å². The molecule has 0 aliphatic heterocycles. The van der Waals surface area contributed by atoms with Crippen molar-refractivity contribution in [1.29, 1.82) is 0 Å². The molecule has 1 aliphatic rings. The van der Waals surface area contributed by atoms with Crippen molar-refractivity contribution in [2.24, 2.45) is 23.7 Å². The van der Waals surface area contributed by atoms with Gasteiger partial charge in [0.1, 0.15) is 5.78 Å². The normalized spacial score (nSPS) is 35.5. The lowest BCUT2D eigenvalue weighted by Crippen LogP contribution is -2.38. The van der Waals surface area contributed by atoms with Crippen molar-refractivity contribution < 1.29 is 9.90 Å². The highest BCUT2D eigenvalue weighted by Gasteiger charge is 2.36. The van der Waals surface area contributed by atoms with Crippen LogP contribution in [0.15, 0.2) is 0 Å². The van der Waals surface area contributed by atoms with Crippen molar-refractivity contribution in [2.75, 3.05) is 6.61 Å². The fourth-order valence-electron chi connectivity index (χ4n) is 2.39. The first-order chi connectivity index (χ1) is 6.07. The molecular weight excluding hydrogens is 164 g/mol. The monoisotopic (exact) mass is 184 g/mol. The van der Waals surface area contributed by atoms with E-state index >= 15 is 0 Å². The molecule has 1 rings (SSSR count). The van der Waals surface area contributed by atoms with E-state index in [1.54, 1.807) is 0 Å². The smallest absolute Gasteiger partial charge is 0.141 e. The number of hydrogen-bond acceptors (Lipinski definition) is 2. The van der Waals surface area contributed by atoms with Gasteiger partial charge in [-0.1, -0.05) is 20.8 Å². The first-order valence-corrected chi connectivity index (χ1v) is 5.22. The predicted octanol–water partition coefficient (Wildman–Crippen LogP) is 1.87. The Morgan fingerprint density at radius 1 is 1.46 bits per heavy atom. The molecule has 0 saturated heterocycles. The number of hydrogen-bond donors (Lipinski definition) is 1. The van der Waals surface area contributed by atoms with Crippen LogP contribution in [0.2, 0.25) is 0 Å². The van der Waals surface area contributed by atoms with Crippen LogP contribution in [0, 0.1) is 23.7 Å². The molecule has 1 N–H and O–H groups in total. The Morgan fingerprint density at radius 2 is 2.08 bits per heavy atom. The molecule has 0 spiro atoms. The summed E-state index contributed by atoms with van der Waals surface area (Å²) in [7, 11) is 0. The van der Waals surface area contributed by atoms with Crippen molar-refractivity contribution >= 4 is 5.78 Å². The standard InChI is InChI=1S/C11H20O2/c1-7(2)9-5-4-8(3)11(13)10(9)6-12/h7-10,12H,4-6H2,1-3H3/t8-,9-,10+/m1/s1. The number of Topliss-reactive ketones (excluding diaryl/α,β-unsaturated/α-hetero) is 1. The first kappa shape index (κ1) is 10.7. The fourth-order valence-corrected chi connectivity index (χ4v) is 2.39. The molecule has 0 amide bonds. The Hall–Kier alpha value is -0.370. The van der Waals surface area contributed by atoms with Gasteiger partial charge in [-0.2, -0.15) is 0 Å². The van der Waals surface area contributed by atoms with E-state index in [9.17, 15) is 9.90 Å². The van der Waals surface area contributed by atoms with E-state index in [-0.39, 0.29) is 24.2 Å². The van der Waals surface area contributed by atoms with Crippen LogP contribution < -0.4 is 0 Å². The summed E-state index contributed by atoms with van der Waals surface area (Å²) in [6.07, 6.45) is 2.09. The lowest BCUT2D eigenvalue weighted by molar-refractivity contribution is -0.133. The Kier molecular flexibility index (Phi) is 3.48. The number of aliphatic hydroxyl groups excluding tert-OH is 1. The molecule has 76 valence electrons. The highest BCUT2D eigenvalue weighted by Crippen LogP contribution is 2.35. The van der Waals surface area contributed by atoms with Crippen molar-refractivity contribution in [1.82, 2.24) is 0 Å². The lowest BCUT2D eigenvalue weighted by atomic mass is 9.69. The molecule has 2 nitrogen and oxygen atoms in total.